The maximum absolute atomic E-state index is 12.8. The van der Waals surface area contributed by atoms with Crippen molar-refractivity contribution in [3.8, 4) is 5.69 Å². The molecule has 0 saturated heterocycles. The number of benzene rings is 1. The average Bonchev–Trinajstić information content (AvgIpc) is 2.99. The van der Waals surface area contributed by atoms with Crippen LogP contribution < -0.4 is 5.11 Å². The Morgan fingerprint density at radius 2 is 2.05 bits per heavy atom. The molecule has 0 aliphatic rings. The summed E-state index contributed by atoms with van der Waals surface area (Å²) in [5, 5.41) is 15.7. The first-order chi connectivity index (χ1) is 10.3. The molecule has 2 aromatic heterocycles. The highest BCUT2D eigenvalue weighted by molar-refractivity contribution is 7.20. The zero-order chi connectivity index (χ0) is 16.1. The van der Waals surface area contributed by atoms with Crippen molar-refractivity contribution < 1.29 is 23.1 Å². The molecule has 0 spiro atoms. The molecule has 2 heterocycles. The first-order valence-corrected chi connectivity index (χ1v) is 6.97. The zero-order valence-corrected chi connectivity index (χ0v) is 12.0. The van der Waals surface area contributed by atoms with Crippen molar-refractivity contribution in [2.75, 3.05) is 0 Å². The molecule has 0 unspecified atom stereocenters. The first-order valence-electron chi connectivity index (χ1n) is 6.15. The standard InChI is InChI=1S/C14H9F3N2O2S/c1-7-10-6-11(13(20)21)22-12(10)19(18-7)9-4-2-3-8(5-9)14(15,16)17/h2-6H,1H3,(H,20,21)/p-1. The van der Waals surface area contributed by atoms with Gasteiger partial charge in [0.2, 0.25) is 0 Å². The number of hydrogen-bond acceptors (Lipinski definition) is 4. The van der Waals surface area contributed by atoms with Crippen molar-refractivity contribution in [1.29, 1.82) is 0 Å². The lowest BCUT2D eigenvalue weighted by atomic mass is 10.2. The molecule has 0 saturated carbocycles. The first kappa shape index (κ1) is 14.6. The Hall–Kier alpha value is -2.35. The van der Waals surface area contributed by atoms with Crippen molar-refractivity contribution in [2.24, 2.45) is 0 Å². The lowest BCUT2D eigenvalue weighted by Gasteiger charge is -2.09. The minimum absolute atomic E-state index is 0.0104. The number of nitrogens with zero attached hydrogens (tertiary/aromatic N) is 2. The van der Waals surface area contributed by atoms with Gasteiger partial charge in [-0.1, -0.05) is 6.07 Å². The molecule has 0 bridgehead atoms. The van der Waals surface area contributed by atoms with Crippen LogP contribution in [0.25, 0.3) is 15.9 Å². The molecule has 0 atom stereocenters. The van der Waals surface area contributed by atoms with Crippen molar-refractivity contribution in [1.82, 2.24) is 9.78 Å². The molecule has 8 heteroatoms. The van der Waals surface area contributed by atoms with Crippen molar-refractivity contribution in [3.05, 3.63) is 46.5 Å². The van der Waals surface area contributed by atoms with Gasteiger partial charge in [0.05, 0.1) is 27.8 Å². The Morgan fingerprint density at radius 1 is 1.32 bits per heavy atom. The Morgan fingerprint density at radius 3 is 2.68 bits per heavy atom. The van der Waals surface area contributed by atoms with Crippen LogP contribution in [0.2, 0.25) is 0 Å². The summed E-state index contributed by atoms with van der Waals surface area (Å²) in [7, 11) is 0. The molecular formula is C14H8F3N2O2S-. The van der Waals surface area contributed by atoms with Gasteiger partial charge in [-0.2, -0.15) is 18.3 Å². The Labute approximate surface area is 126 Å². The molecule has 1 aromatic carbocycles. The summed E-state index contributed by atoms with van der Waals surface area (Å²) >= 11 is 0.918. The summed E-state index contributed by atoms with van der Waals surface area (Å²) in [5.74, 6) is -1.32. The molecule has 0 N–H and O–H groups in total. The third-order valence-corrected chi connectivity index (χ3v) is 4.25. The van der Waals surface area contributed by atoms with Gasteiger partial charge in [-0.25, -0.2) is 4.68 Å². The van der Waals surface area contributed by atoms with Crippen LogP contribution in [0.3, 0.4) is 0 Å². The predicted molar refractivity (Wildman–Crippen MR) is 73.0 cm³/mol. The number of fused-ring (bicyclic) bond motifs is 1. The van der Waals surface area contributed by atoms with Gasteiger partial charge in [0.25, 0.3) is 0 Å². The third-order valence-electron chi connectivity index (χ3n) is 3.16. The minimum Gasteiger partial charge on any atom is -0.544 e. The molecule has 0 aliphatic heterocycles. The third kappa shape index (κ3) is 2.35. The van der Waals surface area contributed by atoms with Gasteiger partial charge < -0.3 is 9.90 Å². The molecule has 0 radical (unpaired) electrons. The maximum Gasteiger partial charge on any atom is 0.416 e. The van der Waals surface area contributed by atoms with Crippen LogP contribution in [0.15, 0.2) is 30.3 Å². The summed E-state index contributed by atoms with van der Waals surface area (Å²) in [4.78, 5) is 11.4. The fourth-order valence-corrected chi connectivity index (χ4v) is 3.15. The monoisotopic (exact) mass is 325 g/mol. The van der Waals surface area contributed by atoms with E-state index < -0.39 is 17.7 Å². The number of aryl methyl sites for hydroxylation is 1. The molecule has 0 aliphatic carbocycles. The summed E-state index contributed by atoms with van der Waals surface area (Å²) in [6.07, 6.45) is -4.46. The van der Waals surface area contributed by atoms with Gasteiger partial charge in [0.1, 0.15) is 4.83 Å². The second-order valence-electron chi connectivity index (χ2n) is 4.66. The number of carboxylic acid groups (broad SMARTS) is 1. The molecule has 22 heavy (non-hydrogen) atoms. The van der Waals surface area contributed by atoms with Crippen LogP contribution >= 0.6 is 11.3 Å². The highest BCUT2D eigenvalue weighted by atomic mass is 32.1. The summed E-state index contributed by atoms with van der Waals surface area (Å²) in [5.41, 5.74) is -0.0289. The SMILES string of the molecule is Cc1nn(-c2cccc(C(F)(F)F)c2)c2sc(C(=O)[O-])cc12. The van der Waals surface area contributed by atoms with Crippen LogP contribution in [0.1, 0.15) is 20.9 Å². The van der Waals surface area contributed by atoms with E-state index in [1.807, 2.05) is 0 Å². The van der Waals surface area contributed by atoms with E-state index in [0.717, 1.165) is 23.5 Å². The number of halogens is 3. The number of alkyl halides is 3. The number of carbonyl (C=O) groups is 1. The normalized spacial score (nSPS) is 12.0. The topological polar surface area (TPSA) is 58.0 Å². The fraction of sp³-hybridized carbons (Fsp3) is 0.143. The fourth-order valence-electron chi connectivity index (χ4n) is 2.14. The van der Waals surface area contributed by atoms with E-state index >= 15 is 0 Å². The number of hydrogen-bond donors (Lipinski definition) is 0. The molecule has 4 nitrogen and oxygen atoms in total. The highest BCUT2D eigenvalue weighted by Crippen LogP contribution is 2.33. The van der Waals surface area contributed by atoms with Gasteiger partial charge in [-0.3, -0.25) is 0 Å². The zero-order valence-electron chi connectivity index (χ0n) is 11.1. The highest BCUT2D eigenvalue weighted by Gasteiger charge is 2.30. The Kier molecular flexibility index (Phi) is 3.21. The number of carbonyl (C=O) groups excluding carboxylic acids is 1. The van der Waals surface area contributed by atoms with Crippen LogP contribution in [0.4, 0.5) is 13.2 Å². The van der Waals surface area contributed by atoms with E-state index in [1.54, 1.807) is 6.92 Å². The molecule has 114 valence electrons. The van der Waals surface area contributed by atoms with Crippen molar-refractivity contribution >= 4 is 27.5 Å². The number of thiophene rings is 1. The second-order valence-corrected chi connectivity index (χ2v) is 5.69. The van der Waals surface area contributed by atoms with E-state index in [2.05, 4.69) is 5.10 Å². The number of rotatable bonds is 2. The molecule has 0 fully saturated rings. The average molecular weight is 325 g/mol. The molecule has 0 amide bonds. The van der Waals surface area contributed by atoms with Crippen LogP contribution in [-0.4, -0.2) is 15.7 Å². The number of carboxylic acids is 1. The van der Waals surface area contributed by atoms with Crippen molar-refractivity contribution in [3.63, 3.8) is 0 Å². The summed E-state index contributed by atoms with van der Waals surface area (Å²) < 4.78 is 39.7. The van der Waals surface area contributed by atoms with Crippen LogP contribution in [-0.2, 0) is 6.18 Å². The lowest BCUT2D eigenvalue weighted by Crippen LogP contribution is -2.20. The predicted octanol–water partition coefficient (Wildman–Crippen LogP) is 2.78. The smallest absolute Gasteiger partial charge is 0.416 e. The minimum atomic E-state index is -4.46. The van der Waals surface area contributed by atoms with Gasteiger partial charge in [-0.15, -0.1) is 11.3 Å². The number of aromatic carboxylic acids is 1. The second kappa shape index (κ2) is 4.84. The summed E-state index contributed by atoms with van der Waals surface area (Å²) in [6, 6.07) is 6.14. The van der Waals surface area contributed by atoms with Gasteiger partial charge in [0.15, 0.2) is 0 Å². The van der Waals surface area contributed by atoms with E-state index in [0.29, 0.717) is 15.9 Å². The summed E-state index contributed by atoms with van der Waals surface area (Å²) in [6.45, 7) is 1.66. The Balaban J connectivity index is 2.20. The molecule has 3 aromatic rings. The van der Waals surface area contributed by atoms with E-state index in [9.17, 15) is 23.1 Å². The van der Waals surface area contributed by atoms with Crippen LogP contribution in [0.5, 0.6) is 0 Å². The van der Waals surface area contributed by atoms with E-state index in [-0.39, 0.29) is 10.6 Å². The Bertz CT molecular complexity index is 880. The van der Waals surface area contributed by atoms with Crippen molar-refractivity contribution in [2.45, 2.75) is 13.1 Å². The quantitative estimate of drug-likeness (QED) is 0.728. The molecule has 3 rings (SSSR count). The van der Waals surface area contributed by atoms with E-state index in [1.165, 1.54) is 22.9 Å². The largest absolute Gasteiger partial charge is 0.544 e. The van der Waals surface area contributed by atoms with Crippen LogP contribution in [0, 0.1) is 6.92 Å². The maximum atomic E-state index is 12.8. The lowest BCUT2D eigenvalue weighted by molar-refractivity contribution is -0.254. The molecular weight excluding hydrogens is 317 g/mol. The number of aromatic nitrogens is 2. The van der Waals surface area contributed by atoms with Gasteiger partial charge >= 0.3 is 6.18 Å². The van der Waals surface area contributed by atoms with E-state index in [4.69, 9.17) is 0 Å². The van der Waals surface area contributed by atoms with Gasteiger partial charge in [-0.05, 0) is 31.2 Å². The van der Waals surface area contributed by atoms with Gasteiger partial charge in [0, 0.05) is 5.39 Å².